The van der Waals surface area contributed by atoms with Crippen molar-refractivity contribution < 1.29 is 14.3 Å². The molecule has 0 spiro atoms. The minimum atomic E-state index is -0.333. The van der Waals surface area contributed by atoms with Crippen LogP contribution in [-0.4, -0.2) is 11.9 Å². The molecule has 0 aromatic carbocycles. The zero-order chi connectivity index (χ0) is 18.9. The van der Waals surface area contributed by atoms with Gasteiger partial charge < -0.3 is 4.74 Å². The monoisotopic (exact) mass is 366 g/mol. The van der Waals surface area contributed by atoms with Crippen molar-refractivity contribution in [1.29, 1.82) is 0 Å². The van der Waals surface area contributed by atoms with Gasteiger partial charge in [-0.1, -0.05) is 103 Å². The van der Waals surface area contributed by atoms with Gasteiger partial charge >= 0.3 is 11.9 Å². The lowest BCUT2D eigenvalue weighted by Crippen LogP contribution is -2.23. The molecule has 1 aliphatic heterocycles. The summed E-state index contributed by atoms with van der Waals surface area (Å²) >= 11 is 0. The average molecular weight is 367 g/mol. The predicted molar refractivity (Wildman–Crippen MR) is 108 cm³/mol. The van der Waals surface area contributed by atoms with Crippen LogP contribution in [0.1, 0.15) is 129 Å². The summed E-state index contributed by atoms with van der Waals surface area (Å²) in [5.74, 6) is -0.651. The molecule has 0 amide bonds. The second-order valence-electron chi connectivity index (χ2n) is 8.12. The first-order chi connectivity index (χ1) is 12.7. The molecular formula is C23H42O3. The average Bonchev–Trinajstić information content (AvgIpc) is 2.62. The SMILES string of the molecule is CCCCCCCCCCCCCCCCC1CCCCC(=O)OC1=O. The van der Waals surface area contributed by atoms with Gasteiger partial charge in [0.1, 0.15) is 0 Å². The summed E-state index contributed by atoms with van der Waals surface area (Å²) in [6, 6.07) is 0. The van der Waals surface area contributed by atoms with Gasteiger partial charge in [-0.15, -0.1) is 0 Å². The molecule has 1 saturated heterocycles. The molecule has 0 aliphatic carbocycles. The number of rotatable bonds is 15. The first-order valence-electron chi connectivity index (χ1n) is 11.5. The summed E-state index contributed by atoms with van der Waals surface area (Å²) in [7, 11) is 0. The molecule has 1 unspecified atom stereocenters. The molecule has 0 aromatic heterocycles. The fourth-order valence-corrected chi connectivity index (χ4v) is 3.87. The van der Waals surface area contributed by atoms with Crippen LogP contribution in [0, 0.1) is 5.92 Å². The van der Waals surface area contributed by atoms with E-state index in [0.29, 0.717) is 6.42 Å². The van der Waals surface area contributed by atoms with Gasteiger partial charge in [-0.2, -0.15) is 0 Å². The molecule has 26 heavy (non-hydrogen) atoms. The van der Waals surface area contributed by atoms with E-state index >= 15 is 0 Å². The van der Waals surface area contributed by atoms with E-state index in [-0.39, 0.29) is 17.9 Å². The van der Waals surface area contributed by atoms with Crippen LogP contribution in [0.15, 0.2) is 0 Å². The van der Waals surface area contributed by atoms with Crippen LogP contribution in [0.4, 0.5) is 0 Å². The number of ether oxygens (including phenoxy) is 1. The number of carbonyl (C=O) groups excluding carboxylic acids is 2. The number of hydrogen-bond donors (Lipinski definition) is 0. The van der Waals surface area contributed by atoms with Crippen LogP contribution in [-0.2, 0) is 14.3 Å². The Balaban J connectivity index is 1.87. The van der Waals surface area contributed by atoms with Crippen LogP contribution in [0.25, 0.3) is 0 Å². The molecule has 0 bridgehead atoms. The number of hydrogen-bond acceptors (Lipinski definition) is 3. The Morgan fingerprint density at radius 1 is 0.731 bits per heavy atom. The number of esters is 2. The standard InChI is InChI=1S/C23H42O3/c1-2-3-4-5-6-7-8-9-10-11-12-13-14-15-18-21-19-16-17-20-22(24)26-23(21)25/h21H,2-20H2,1H3. The Hall–Kier alpha value is -0.860. The molecule has 1 heterocycles. The van der Waals surface area contributed by atoms with Crippen molar-refractivity contribution in [3.8, 4) is 0 Å². The van der Waals surface area contributed by atoms with Gasteiger partial charge in [0.05, 0.1) is 5.92 Å². The fraction of sp³-hybridized carbons (Fsp3) is 0.913. The third-order valence-electron chi connectivity index (χ3n) is 5.64. The molecule has 1 fully saturated rings. The third kappa shape index (κ3) is 12.5. The summed E-state index contributed by atoms with van der Waals surface area (Å²) in [4.78, 5) is 23.2. The van der Waals surface area contributed by atoms with E-state index in [9.17, 15) is 9.59 Å². The van der Waals surface area contributed by atoms with Gasteiger partial charge in [-0.25, -0.2) is 0 Å². The van der Waals surface area contributed by atoms with Crippen LogP contribution in [0.5, 0.6) is 0 Å². The number of unbranched alkanes of at least 4 members (excludes halogenated alkanes) is 13. The molecule has 3 nitrogen and oxygen atoms in total. The lowest BCUT2D eigenvalue weighted by atomic mass is 9.93. The summed E-state index contributed by atoms with van der Waals surface area (Å²) in [5.41, 5.74) is 0. The molecule has 152 valence electrons. The Kier molecular flexibility index (Phi) is 14.6. The largest absolute Gasteiger partial charge is 0.393 e. The lowest BCUT2D eigenvalue weighted by molar-refractivity contribution is -0.164. The van der Waals surface area contributed by atoms with E-state index in [1.165, 1.54) is 83.5 Å². The topological polar surface area (TPSA) is 43.4 Å². The second kappa shape index (κ2) is 16.3. The van der Waals surface area contributed by atoms with Gasteiger partial charge in [0.15, 0.2) is 0 Å². The van der Waals surface area contributed by atoms with E-state index in [0.717, 1.165) is 32.1 Å². The molecule has 1 aliphatic rings. The molecule has 1 atom stereocenters. The highest BCUT2D eigenvalue weighted by Gasteiger charge is 2.24. The Morgan fingerprint density at radius 2 is 1.23 bits per heavy atom. The molecule has 0 radical (unpaired) electrons. The lowest BCUT2D eigenvalue weighted by Gasteiger charge is -2.17. The van der Waals surface area contributed by atoms with E-state index < -0.39 is 0 Å². The van der Waals surface area contributed by atoms with Crippen molar-refractivity contribution in [2.24, 2.45) is 5.92 Å². The van der Waals surface area contributed by atoms with E-state index in [1.54, 1.807) is 0 Å². The molecule has 0 aromatic rings. The molecule has 1 rings (SSSR count). The van der Waals surface area contributed by atoms with Crippen molar-refractivity contribution >= 4 is 11.9 Å². The Bertz CT molecular complexity index is 364. The molecule has 0 N–H and O–H groups in total. The zero-order valence-electron chi connectivity index (χ0n) is 17.2. The van der Waals surface area contributed by atoms with E-state index in [1.807, 2.05) is 0 Å². The smallest absolute Gasteiger partial charge is 0.316 e. The predicted octanol–water partition coefficient (Wildman–Crippen LogP) is 7.12. The molecule has 0 saturated carbocycles. The summed E-state index contributed by atoms with van der Waals surface area (Å²) in [5, 5.41) is 0. The van der Waals surface area contributed by atoms with Crippen molar-refractivity contribution in [1.82, 2.24) is 0 Å². The maximum Gasteiger partial charge on any atom is 0.316 e. The Labute approximate surface area is 161 Å². The van der Waals surface area contributed by atoms with Crippen molar-refractivity contribution in [2.45, 2.75) is 129 Å². The number of carbonyl (C=O) groups is 2. The fourth-order valence-electron chi connectivity index (χ4n) is 3.87. The summed E-state index contributed by atoms with van der Waals surface area (Å²) < 4.78 is 4.90. The normalized spacial score (nSPS) is 18.4. The first-order valence-corrected chi connectivity index (χ1v) is 11.5. The third-order valence-corrected chi connectivity index (χ3v) is 5.64. The number of cyclic esters (lactones) is 2. The maximum atomic E-state index is 11.9. The van der Waals surface area contributed by atoms with Crippen LogP contribution >= 0.6 is 0 Å². The van der Waals surface area contributed by atoms with Crippen LogP contribution < -0.4 is 0 Å². The molecular weight excluding hydrogens is 324 g/mol. The second-order valence-corrected chi connectivity index (χ2v) is 8.12. The first kappa shape index (κ1) is 23.2. The van der Waals surface area contributed by atoms with Gasteiger partial charge in [-0.3, -0.25) is 9.59 Å². The highest BCUT2D eigenvalue weighted by atomic mass is 16.6. The van der Waals surface area contributed by atoms with Crippen molar-refractivity contribution in [3.63, 3.8) is 0 Å². The maximum absolute atomic E-state index is 11.9. The van der Waals surface area contributed by atoms with E-state index in [2.05, 4.69) is 6.92 Å². The zero-order valence-corrected chi connectivity index (χ0v) is 17.2. The summed E-state index contributed by atoms with van der Waals surface area (Å²) in [6.07, 6.45) is 22.9. The highest BCUT2D eigenvalue weighted by molar-refractivity contribution is 5.86. The van der Waals surface area contributed by atoms with Gasteiger partial charge in [0.25, 0.3) is 0 Å². The highest BCUT2D eigenvalue weighted by Crippen LogP contribution is 2.22. The van der Waals surface area contributed by atoms with Gasteiger partial charge in [-0.05, 0) is 19.3 Å². The minimum absolute atomic E-state index is 0.0448. The molecule has 3 heteroatoms. The summed E-state index contributed by atoms with van der Waals surface area (Å²) in [6.45, 7) is 2.27. The van der Waals surface area contributed by atoms with E-state index in [4.69, 9.17) is 4.74 Å². The van der Waals surface area contributed by atoms with Gasteiger partial charge in [0, 0.05) is 6.42 Å². The van der Waals surface area contributed by atoms with Crippen molar-refractivity contribution in [3.05, 3.63) is 0 Å². The van der Waals surface area contributed by atoms with Crippen LogP contribution in [0.2, 0.25) is 0 Å². The minimum Gasteiger partial charge on any atom is -0.393 e. The van der Waals surface area contributed by atoms with Crippen molar-refractivity contribution in [2.75, 3.05) is 0 Å². The Morgan fingerprint density at radius 3 is 1.77 bits per heavy atom. The quantitative estimate of drug-likeness (QED) is 0.176. The van der Waals surface area contributed by atoms with Crippen LogP contribution in [0.3, 0.4) is 0 Å². The van der Waals surface area contributed by atoms with Gasteiger partial charge in [0.2, 0.25) is 0 Å².